The Labute approximate surface area is 217 Å². The number of carbonyl (C=O) groups excluding carboxylic acids is 1. The van der Waals surface area contributed by atoms with Crippen molar-refractivity contribution in [3.63, 3.8) is 0 Å². The van der Waals surface area contributed by atoms with Crippen LogP contribution in [0, 0.1) is 0 Å². The van der Waals surface area contributed by atoms with Gasteiger partial charge in [0.05, 0.1) is 49.3 Å². The summed E-state index contributed by atoms with van der Waals surface area (Å²) in [6, 6.07) is 0. The van der Waals surface area contributed by atoms with Gasteiger partial charge in [-0.05, 0) is 44.8 Å². The standard InChI is InChI=1S/C27H46O8Si/c1-26(2,3)36(6,7)35-24-14-21-20(13-23-25(33-21)15-30-27(4,5)34-23)32-22(24)12-18-16(28)11-19-17(31-18)9-8-10-29-19/h17-25H,8-15H2,1-7H3/t17-,18+,19+,20+,21-,22-,23-,24+,25+/m0/s1. The van der Waals surface area contributed by atoms with Crippen molar-refractivity contribution < 1.29 is 37.6 Å². The number of ketones is 1. The summed E-state index contributed by atoms with van der Waals surface area (Å²) in [6.07, 6.45) is 3.04. The van der Waals surface area contributed by atoms with Crippen molar-refractivity contribution in [1.82, 2.24) is 0 Å². The Balaban J connectivity index is 1.33. The van der Waals surface area contributed by atoms with Gasteiger partial charge in [0, 0.05) is 32.3 Å². The minimum atomic E-state index is -2.09. The summed E-state index contributed by atoms with van der Waals surface area (Å²) in [4.78, 5) is 13.1. The topological polar surface area (TPSA) is 81.7 Å². The Morgan fingerprint density at radius 2 is 1.72 bits per heavy atom. The molecular formula is C27H46O8Si. The van der Waals surface area contributed by atoms with Crippen molar-refractivity contribution >= 4 is 14.1 Å². The van der Waals surface area contributed by atoms with Crippen LogP contribution in [-0.2, 0) is 37.6 Å². The maximum absolute atomic E-state index is 13.1. The smallest absolute Gasteiger partial charge is 0.192 e. The number of rotatable bonds is 4. The van der Waals surface area contributed by atoms with E-state index in [-0.39, 0.29) is 59.7 Å². The highest BCUT2D eigenvalue weighted by Crippen LogP contribution is 2.43. The number of hydrogen-bond acceptors (Lipinski definition) is 8. The zero-order valence-corrected chi connectivity index (χ0v) is 24.1. The van der Waals surface area contributed by atoms with E-state index in [9.17, 15) is 4.79 Å². The fourth-order valence-electron chi connectivity index (χ4n) is 5.99. The molecule has 36 heavy (non-hydrogen) atoms. The average Bonchev–Trinajstić information content (AvgIpc) is 2.77. The summed E-state index contributed by atoms with van der Waals surface area (Å²) in [5, 5.41) is 0.0629. The van der Waals surface area contributed by atoms with Crippen molar-refractivity contribution in [2.75, 3.05) is 13.2 Å². The van der Waals surface area contributed by atoms with E-state index in [4.69, 9.17) is 32.8 Å². The molecule has 0 bridgehead atoms. The molecule has 5 saturated heterocycles. The van der Waals surface area contributed by atoms with Gasteiger partial charge in [-0.1, -0.05) is 20.8 Å². The zero-order valence-electron chi connectivity index (χ0n) is 23.1. The van der Waals surface area contributed by atoms with Crippen LogP contribution < -0.4 is 0 Å². The molecule has 0 aromatic heterocycles. The molecule has 0 amide bonds. The molecule has 9 atom stereocenters. The summed E-state index contributed by atoms with van der Waals surface area (Å²) >= 11 is 0. The van der Waals surface area contributed by atoms with Crippen molar-refractivity contribution in [2.24, 2.45) is 0 Å². The second kappa shape index (κ2) is 9.97. The number of Topliss-reactive ketones (excluding diaryl/α,β-unsaturated/α-hetero) is 1. The maximum Gasteiger partial charge on any atom is 0.192 e. The summed E-state index contributed by atoms with van der Waals surface area (Å²) in [5.41, 5.74) is 0. The van der Waals surface area contributed by atoms with E-state index >= 15 is 0 Å². The van der Waals surface area contributed by atoms with Crippen LogP contribution in [0.15, 0.2) is 0 Å². The van der Waals surface area contributed by atoms with Crippen LogP contribution in [0.1, 0.15) is 73.1 Å². The molecular weight excluding hydrogens is 480 g/mol. The zero-order chi connectivity index (χ0) is 25.9. The van der Waals surface area contributed by atoms with Crippen LogP contribution in [0.3, 0.4) is 0 Å². The second-order valence-electron chi connectivity index (χ2n) is 13.3. The quantitative estimate of drug-likeness (QED) is 0.506. The van der Waals surface area contributed by atoms with Gasteiger partial charge in [-0.2, -0.15) is 0 Å². The van der Waals surface area contributed by atoms with E-state index in [1.165, 1.54) is 0 Å². The first-order chi connectivity index (χ1) is 16.8. The van der Waals surface area contributed by atoms with E-state index in [0.29, 0.717) is 26.1 Å². The molecule has 0 aliphatic carbocycles. The van der Waals surface area contributed by atoms with Crippen molar-refractivity contribution in [3.05, 3.63) is 0 Å². The van der Waals surface area contributed by atoms with Crippen LogP contribution in [-0.4, -0.2) is 88.0 Å². The number of fused-ring (bicyclic) bond motifs is 3. The molecule has 0 saturated carbocycles. The highest BCUT2D eigenvalue weighted by Gasteiger charge is 2.52. The lowest BCUT2D eigenvalue weighted by Gasteiger charge is -2.53. The van der Waals surface area contributed by atoms with Gasteiger partial charge in [-0.3, -0.25) is 4.79 Å². The Morgan fingerprint density at radius 1 is 0.972 bits per heavy atom. The summed E-state index contributed by atoms with van der Waals surface area (Å²) in [7, 11) is -2.09. The lowest BCUT2D eigenvalue weighted by atomic mass is 9.86. The highest BCUT2D eigenvalue weighted by atomic mass is 28.4. The first-order valence-corrected chi connectivity index (χ1v) is 16.8. The van der Waals surface area contributed by atoms with E-state index in [1.807, 2.05) is 13.8 Å². The highest BCUT2D eigenvalue weighted by molar-refractivity contribution is 6.74. The fraction of sp³-hybridized carbons (Fsp3) is 0.963. The van der Waals surface area contributed by atoms with Gasteiger partial charge < -0.3 is 32.8 Å². The first-order valence-electron chi connectivity index (χ1n) is 13.9. The maximum atomic E-state index is 13.1. The SMILES string of the molecule is CC1(C)OC[C@H]2O[C@H]3C[C@@H](O[Si](C)(C)C(C)(C)C)[C@H](C[C@H]4O[C@H]5CCCO[C@@H]5CC4=O)O[C@@H]3C[C@@H]2O1. The molecule has 5 aliphatic heterocycles. The first kappa shape index (κ1) is 27.2. The van der Waals surface area contributed by atoms with E-state index in [1.54, 1.807) is 0 Å². The molecule has 0 aromatic rings. The van der Waals surface area contributed by atoms with Crippen LogP contribution >= 0.6 is 0 Å². The molecule has 0 radical (unpaired) electrons. The predicted octanol–water partition coefficient (Wildman–Crippen LogP) is 4.14. The van der Waals surface area contributed by atoms with Gasteiger partial charge in [-0.25, -0.2) is 0 Å². The number of hydrogen-bond donors (Lipinski definition) is 0. The molecule has 5 heterocycles. The van der Waals surface area contributed by atoms with E-state index in [2.05, 4.69) is 33.9 Å². The van der Waals surface area contributed by atoms with E-state index < -0.39 is 20.2 Å². The summed E-state index contributed by atoms with van der Waals surface area (Å²) in [5.74, 6) is -0.509. The van der Waals surface area contributed by atoms with Crippen molar-refractivity contribution in [1.29, 1.82) is 0 Å². The lowest BCUT2D eigenvalue weighted by Crippen LogP contribution is -2.62. The Morgan fingerprint density at radius 3 is 2.47 bits per heavy atom. The molecule has 8 nitrogen and oxygen atoms in total. The molecule has 5 aliphatic rings. The van der Waals surface area contributed by atoms with Crippen LogP contribution in [0.25, 0.3) is 0 Å². The van der Waals surface area contributed by atoms with Crippen molar-refractivity contribution in [3.8, 4) is 0 Å². The van der Waals surface area contributed by atoms with Gasteiger partial charge in [-0.15, -0.1) is 0 Å². The molecule has 0 N–H and O–H groups in total. The third kappa shape index (κ3) is 5.64. The van der Waals surface area contributed by atoms with Gasteiger partial charge >= 0.3 is 0 Å². The fourth-order valence-corrected chi connectivity index (χ4v) is 7.35. The lowest BCUT2D eigenvalue weighted by molar-refractivity contribution is -0.349. The number of carbonyl (C=O) groups is 1. The molecule has 5 fully saturated rings. The average molecular weight is 527 g/mol. The molecule has 206 valence electrons. The monoisotopic (exact) mass is 526 g/mol. The molecule has 0 aromatic carbocycles. The molecule has 0 unspecified atom stereocenters. The van der Waals surface area contributed by atoms with Crippen molar-refractivity contribution in [2.45, 2.75) is 152 Å². The molecule has 0 spiro atoms. The van der Waals surface area contributed by atoms with Gasteiger partial charge in [0.15, 0.2) is 19.9 Å². The Bertz CT molecular complexity index is 810. The van der Waals surface area contributed by atoms with Crippen LogP contribution in [0.5, 0.6) is 0 Å². The van der Waals surface area contributed by atoms with Crippen LogP contribution in [0.2, 0.25) is 18.1 Å². The normalized spacial score (nSPS) is 43.3. The third-order valence-electron chi connectivity index (χ3n) is 9.08. The van der Waals surface area contributed by atoms with Crippen LogP contribution in [0.4, 0.5) is 0 Å². The largest absolute Gasteiger partial charge is 0.411 e. The predicted molar refractivity (Wildman–Crippen MR) is 135 cm³/mol. The van der Waals surface area contributed by atoms with Gasteiger partial charge in [0.1, 0.15) is 12.2 Å². The van der Waals surface area contributed by atoms with Gasteiger partial charge in [0.25, 0.3) is 0 Å². The number of ether oxygens (including phenoxy) is 6. The molecule has 5 rings (SSSR count). The minimum absolute atomic E-state index is 0.00538. The third-order valence-corrected chi connectivity index (χ3v) is 13.6. The minimum Gasteiger partial charge on any atom is -0.411 e. The second-order valence-corrected chi connectivity index (χ2v) is 18.1. The summed E-state index contributed by atoms with van der Waals surface area (Å²) in [6.45, 7) is 16.4. The van der Waals surface area contributed by atoms with E-state index in [0.717, 1.165) is 25.7 Å². The Kier molecular flexibility index (Phi) is 7.53. The Hall–Kier alpha value is -0.393. The molecule has 9 heteroatoms. The van der Waals surface area contributed by atoms with Gasteiger partial charge in [0.2, 0.25) is 0 Å². The summed E-state index contributed by atoms with van der Waals surface area (Å²) < 4.78 is 44.4.